The van der Waals surface area contributed by atoms with Gasteiger partial charge in [-0.3, -0.25) is 9.78 Å². The molecule has 7 heteroatoms. The van der Waals surface area contributed by atoms with Crippen molar-refractivity contribution < 1.29 is 18.7 Å². The first-order chi connectivity index (χ1) is 12.7. The standard InChI is InChI=1S/C19H19N3O4/c1-24-17-6-5-14(9-18(17)25-2)22-19(23)13-8-15(11-20-10-13)21-12-16-4-3-7-26-16/h3-11,21H,12H2,1-2H3,(H,22,23). The maximum Gasteiger partial charge on any atom is 0.257 e. The molecule has 0 radical (unpaired) electrons. The van der Waals surface area contributed by atoms with Gasteiger partial charge in [-0.2, -0.15) is 0 Å². The van der Waals surface area contributed by atoms with Gasteiger partial charge in [0, 0.05) is 24.1 Å². The fourth-order valence-electron chi connectivity index (χ4n) is 2.38. The molecular formula is C19H19N3O4. The van der Waals surface area contributed by atoms with Crippen molar-refractivity contribution in [2.45, 2.75) is 6.54 Å². The molecule has 3 rings (SSSR count). The summed E-state index contributed by atoms with van der Waals surface area (Å²) in [7, 11) is 3.10. The Morgan fingerprint density at radius 3 is 2.65 bits per heavy atom. The Morgan fingerprint density at radius 1 is 1.08 bits per heavy atom. The second-order valence-electron chi connectivity index (χ2n) is 5.42. The molecule has 0 aliphatic heterocycles. The second-order valence-corrected chi connectivity index (χ2v) is 5.42. The van der Waals surface area contributed by atoms with Crippen molar-refractivity contribution >= 4 is 17.3 Å². The van der Waals surface area contributed by atoms with Crippen LogP contribution in [0.15, 0.2) is 59.5 Å². The van der Waals surface area contributed by atoms with Crippen LogP contribution in [-0.2, 0) is 6.54 Å². The van der Waals surface area contributed by atoms with E-state index in [1.807, 2.05) is 12.1 Å². The molecule has 3 aromatic rings. The third-order valence-electron chi connectivity index (χ3n) is 3.69. The summed E-state index contributed by atoms with van der Waals surface area (Å²) in [4.78, 5) is 16.6. The molecule has 2 N–H and O–H groups in total. The largest absolute Gasteiger partial charge is 0.493 e. The summed E-state index contributed by atoms with van der Waals surface area (Å²) in [5, 5.41) is 5.99. The summed E-state index contributed by atoms with van der Waals surface area (Å²) < 4.78 is 15.7. The molecule has 0 atom stereocenters. The lowest BCUT2D eigenvalue weighted by atomic mass is 10.2. The number of aromatic nitrogens is 1. The Bertz CT molecular complexity index is 878. The molecule has 0 aliphatic rings. The summed E-state index contributed by atoms with van der Waals surface area (Å²) in [6.07, 6.45) is 4.77. The molecule has 0 spiro atoms. The van der Waals surface area contributed by atoms with Crippen LogP contribution in [0.5, 0.6) is 11.5 Å². The van der Waals surface area contributed by atoms with Gasteiger partial charge in [0.1, 0.15) is 5.76 Å². The van der Waals surface area contributed by atoms with Gasteiger partial charge in [0.05, 0.1) is 38.3 Å². The number of hydrogen-bond donors (Lipinski definition) is 2. The molecule has 0 saturated carbocycles. The van der Waals surface area contributed by atoms with E-state index >= 15 is 0 Å². The number of ether oxygens (including phenoxy) is 2. The first-order valence-electron chi connectivity index (χ1n) is 7.94. The van der Waals surface area contributed by atoms with Gasteiger partial charge >= 0.3 is 0 Å². The summed E-state index contributed by atoms with van der Waals surface area (Å²) >= 11 is 0. The Hall–Kier alpha value is -3.48. The SMILES string of the molecule is COc1ccc(NC(=O)c2cncc(NCc3ccco3)c2)cc1OC. The van der Waals surface area contributed by atoms with Crippen LogP contribution in [0, 0.1) is 0 Å². The van der Waals surface area contributed by atoms with E-state index in [1.54, 1.807) is 50.9 Å². The Labute approximate surface area is 151 Å². The zero-order valence-electron chi connectivity index (χ0n) is 14.5. The minimum atomic E-state index is -0.272. The normalized spacial score (nSPS) is 10.2. The van der Waals surface area contributed by atoms with Crippen LogP contribution in [-0.4, -0.2) is 25.1 Å². The lowest BCUT2D eigenvalue weighted by Crippen LogP contribution is -2.13. The molecule has 0 unspecified atom stereocenters. The lowest BCUT2D eigenvalue weighted by molar-refractivity contribution is 0.102. The zero-order chi connectivity index (χ0) is 18.4. The molecule has 1 amide bonds. The molecular weight excluding hydrogens is 334 g/mol. The van der Waals surface area contributed by atoms with Gasteiger partial charge in [-0.15, -0.1) is 0 Å². The van der Waals surface area contributed by atoms with E-state index in [1.165, 1.54) is 6.20 Å². The van der Waals surface area contributed by atoms with E-state index in [9.17, 15) is 4.79 Å². The monoisotopic (exact) mass is 353 g/mol. The molecule has 1 aromatic carbocycles. The highest BCUT2D eigenvalue weighted by atomic mass is 16.5. The van der Waals surface area contributed by atoms with Crippen molar-refractivity contribution in [3.8, 4) is 11.5 Å². The van der Waals surface area contributed by atoms with E-state index in [-0.39, 0.29) is 5.91 Å². The first kappa shape index (κ1) is 17.3. The summed E-state index contributed by atoms with van der Waals surface area (Å²) in [5.41, 5.74) is 1.76. The van der Waals surface area contributed by atoms with Crippen molar-refractivity contribution in [3.63, 3.8) is 0 Å². The Morgan fingerprint density at radius 2 is 1.92 bits per heavy atom. The van der Waals surface area contributed by atoms with Crippen molar-refractivity contribution in [2.75, 3.05) is 24.9 Å². The van der Waals surface area contributed by atoms with E-state index in [0.717, 1.165) is 11.4 Å². The minimum absolute atomic E-state index is 0.272. The van der Waals surface area contributed by atoms with Crippen LogP contribution >= 0.6 is 0 Å². The Kier molecular flexibility index (Phi) is 5.38. The van der Waals surface area contributed by atoms with Gasteiger partial charge in [-0.25, -0.2) is 0 Å². The molecule has 0 fully saturated rings. The fraction of sp³-hybridized carbons (Fsp3) is 0.158. The topological polar surface area (TPSA) is 85.6 Å². The Balaban J connectivity index is 1.68. The number of hydrogen-bond acceptors (Lipinski definition) is 6. The molecule has 134 valence electrons. The molecule has 7 nitrogen and oxygen atoms in total. The number of methoxy groups -OCH3 is 2. The number of carbonyl (C=O) groups is 1. The molecule has 0 bridgehead atoms. The van der Waals surface area contributed by atoms with Crippen molar-refractivity contribution in [1.82, 2.24) is 4.98 Å². The molecule has 0 saturated heterocycles. The highest BCUT2D eigenvalue weighted by Gasteiger charge is 2.10. The molecule has 0 aliphatic carbocycles. The summed E-state index contributed by atoms with van der Waals surface area (Å²) in [6.45, 7) is 0.509. The maximum absolute atomic E-state index is 12.5. The predicted molar refractivity (Wildman–Crippen MR) is 97.8 cm³/mol. The number of pyridine rings is 1. The van der Waals surface area contributed by atoms with Crippen molar-refractivity contribution in [3.05, 3.63) is 66.4 Å². The van der Waals surface area contributed by atoms with Crippen LogP contribution in [0.1, 0.15) is 16.1 Å². The zero-order valence-corrected chi connectivity index (χ0v) is 14.5. The predicted octanol–water partition coefficient (Wildman–Crippen LogP) is 3.56. The number of carbonyl (C=O) groups excluding carboxylic acids is 1. The lowest BCUT2D eigenvalue weighted by Gasteiger charge is -2.11. The van der Waals surface area contributed by atoms with Gasteiger partial charge in [0.25, 0.3) is 5.91 Å². The highest BCUT2D eigenvalue weighted by molar-refractivity contribution is 6.04. The van der Waals surface area contributed by atoms with Crippen LogP contribution in [0.3, 0.4) is 0 Å². The van der Waals surface area contributed by atoms with E-state index in [4.69, 9.17) is 13.9 Å². The van der Waals surface area contributed by atoms with Gasteiger partial charge in [-0.1, -0.05) is 0 Å². The number of benzene rings is 1. The average Bonchev–Trinajstić information content (AvgIpc) is 3.20. The fourth-order valence-corrected chi connectivity index (χ4v) is 2.38. The number of rotatable bonds is 7. The number of amides is 1. The second kappa shape index (κ2) is 8.06. The van der Waals surface area contributed by atoms with Gasteiger partial charge in [0.2, 0.25) is 0 Å². The number of nitrogens with one attached hydrogen (secondary N) is 2. The third-order valence-corrected chi connectivity index (χ3v) is 3.69. The summed E-state index contributed by atoms with van der Waals surface area (Å²) in [5.74, 6) is 1.66. The average molecular weight is 353 g/mol. The number of furan rings is 1. The van der Waals surface area contributed by atoms with Crippen molar-refractivity contribution in [1.29, 1.82) is 0 Å². The molecule has 2 aromatic heterocycles. The first-order valence-corrected chi connectivity index (χ1v) is 7.94. The van der Waals surface area contributed by atoms with Crippen molar-refractivity contribution in [2.24, 2.45) is 0 Å². The van der Waals surface area contributed by atoms with Crippen LogP contribution in [0.4, 0.5) is 11.4 Å². The number of nitrogens with zero attached hydrogens (tertiary/aromatic N) is 1. The molecule has 26 heavy (non-hydrogen) atoms. The van der Waals surface area contributed by atoms with Crippen LogP contribution < -0.4 is 20.1 Å². The van der Waals surface area contributed by atoms with Crippen LogP contribution in [0.2, 0.25) is 0 Å². The smallest absolute Gasteiger partial charge is 0.257 e. The third kappa shape index (κ3) is 4.13. The summed E-state index contributed by atoms with van der Waals surface area (Å²) in [6, 6.07) is 10.6. The van der Waals surface area contributed by atoms with E-state index in [2.05, 4.69) is 15.6 Å². The van der Waals surface area contributed by atoms with E-state index in [0.29, 0.717) is 29.3 Å². The quantitative estimate of drug-likeness (QED) is 0.675. The van der Waals surface area contributed by atoms with Gasteiger partial charge < -0.3 is 24.5 Å². The molecule has 2 heterocycles. The number of anilines is 2. The maximum atomic E-state index is 12.5. The van der Waals surface area contributed by atoms with E-state index < -0.39 is 0 Å². The van der Waals surface area contributed by atoms with Gasteiger partial charge in [-0.05, 0) is 30.3 Å². The van der Waals surface area contributed by atoms with Crippen LogP contribution in [0.25, 0.3) is 0 Å². The minimum Gasteiger partial charge on any atom is -0.493 e. The van der Waals surface area contributed by atoms with Gasteiger partial charge in [0.15, 0.2) is 11.5 Å². The highest BCUT2D eigenvalue weighted by Crippen LogP contribution is 2.29.